The molecule has 11 heteroatoms. The zero-order valence-electron chi connectivity index (χ0n) is 23.8. The number of aromatic nitrogens is 1. The predicted molar refractivity (Wildman–Crippen MR) is 175 cm³/mol. The fourth-order valence-corrected chi connectivity index (χ4v) is 5.80. The lowest BCUT2D eigenvalue weighted by Crippen LogP contribution is -2.30. The summed E-state index contributed by atoms with van der Waals surface area (Å²) in [4.78, 5) is 44.3. The Morgan fingerprint density at radius 2 is 1.66 bits per heavy atom. The number of methoxy groups -OCH3 is 2. The van der Waals surface area contributed by atoms with Crippen LogP contribution in [-0.4, -0.2) is 42.7 Å². The molecule has 1 heterocycles. The second-order valence-electron chi connectivity index (χ2n) is 9.29. The van der Waals surface area contributed by atoms with Crippen LogP contribution in [-0.2, 0) is 9.59 Å². The maximum Gasteiger partial charge on any atom is 0.272 e. The van der Waals surface area contributed by atoms with Crippen molar-refractivity contribution < 1.29 is 23.9 Å². The summed E-state index contributed by atoms with van der Waals surface area (Å²) >= 11 is 2.69. The molecule has 5 aromatic rings. The first-order valence-corrected chi connectivity index (χ1v) is 15.2. The third kappa shape index (κ3) is 7.82. The Morgan fingerprint density at radius 1 is 0.864 bits per heavy atom. The van der Waals surface area contributed by atoms with Crippen LogP contribution in [0.3, 0.4) is 0 Å². The SMILES string of the molecule is COc1ccc2nc(NC(=O)CSc3cccc(NC(=O)/C(=C\c4ccccc4OC)NC(=O)c4ccccc4)c3)sc2c1. The van der Waals surface area contributed by atoms with E-state index in [-0.39, 0.29) is 17.4 Å². The first-order chi connectivity index (χ1) is 21.4. The summed E-state index contributed by atoms with van der Waals surface area (Å²) in [5.74, 6) is 0.262. The molecule has 0 saturated heterocycles. The van der Waals surface area contributed by atoms with Crippen molar-refractivity contribution in [3.05, 3.63) is 114 Å². The van der Waals surface area contributed by atoms with Crippen LogP contribution in [0.25, 0.3) is 16.3 Å². The van der Waals surface area contributed by atoms with Crippen LogP contribution in [0.1, 0.15) is 15.9 Å². The van der Waals surface area contributed by atoms with Gasteiger partial charge in [-0.1, -0.05) is 53.8 Å². The molecule has 0 fully saturated rings. The van der Waals surface area contributed by atoms with Crippen molar-refractivity contribution in [2.45, 2.75) is 4.90 Å². The third-order valence-electron chi connectivity index (χ3n) is 6.27. The van der Waals surface area contributed by atoms with E-state index in [1.54, 1.807) is 67.8 Å². The second kappa shape index (κ2) is 14.4. The van der Waals surface area contributed by atoms with Gasteiger partial charge in [-0.15, -0.1) is 11.8 Å². The van der Waals surface area contributed by atoms with Gasteiger partial charge in [0.15, 0.2) is 5.13 Å². The van der Waals surface area contributed by atoms with E-state index in [0.29, 0.717) is 27.7 Å². The van der Waals surface area contributed by atoms with Crippen LogP contribution in [0.4, 0.5) is 10.8 Å². The second-order valence-corrected chi connectivity index (χ2v) is 11.4. The highest BCUT2D eigenvalue weighted by molar-refractivity contribution is 8.00. The summed E-state index contributed by atoms with van der Waals surface area (Å²) in [5, 5.41) is 8.94. The number of anilines is 2. The number of benzene rings is 4. The number of ether oxygens (including phenoxy) is 2. The summed E-state index contributed by atoms with van der Waals surface area (Å²) in [6.45, 7) is 0. The van der Waals surface area contributed by atoms with E-state index in [1.807, 2.05) is 42.5 Å². The number of amides is 3. The number of thioether (sulfide) groups is 1. The summed E-state index contributed by atoms with van der Waals surface area (Å²) in [6.07, 6.45) is 1.57. The van der Waals surface area contributed by atoms with E-state index >= 15 is 0 Å². The molecule has 0 aliphatic carbocycles. The largest absolute Gasteiger partial charge is 0.497 e. The Morgan fingerprint density at radius 3 is 2.45 bits per heavy atom. The van der Waals surface area contributed by atoms with Crippen LogP contribution in [0, 0.1) is 0 Å². The number of para-hydroxylation sites is 1. The molecule has 0 spiro atoms. The number of thiazole rings is 1. The van der Waals surface area contributed by atoms with Crippen molar-refractivity contribution in [3.8, 4) is 11.5 Å². The molecule has 0 aliphatic rings. The molecule has 5 rings (SSSR count). The molecule has 222 valence electrons. The Labute approximate surface area is 262 Å². The lowest BCUT2D eigenvalue weighted by molar-refractivity contribution is -0.114. The minimum Gasteiger partial charge on any atom is -0.497 e. The molecule has 44 heavy (non-hydrogen) atoms. The first-order valence-electron chi connectivity index (χ1n) is 13.4. The summed E-state index contributed by atoms with van der Waals surface area (Å²) < 4.78 is 11.6. The number of hydrogen-bond donors (Lipinski definition) is 3. The van der Waals surface area contributed by atoms with E-state index in [0.717, 1.165) is 20.9 Å². The average Bonchev–Trinajstić information content (AvgIpc) is 3.45. The molecule has 3 N–H and O–H groups in total. The zero-order chi connectivity index (χ0) is 30.9. The molecule has 0 unspecified atom stereocenters. The highest BCUT2D eigenvalue weighted by Gasteiger charge is 2.17. The lowest BCUT2D eigenvalue weighted by Gasteiger charge is -2.13. The quantitative estimate of drug-likeness (QED) is 0.114. The van der Waals surface area contributed by atoms with Gasteiger partial charge >= 0.3 is 0 Å². The maximum absolute atomic E-state index is 13.5. The first kappa shape index (κ1) is 30.3. The van der Waals surface area contributed by atoms with E-state index in [4.69, 9.17) is 9.47 Å². The number of nitrogens with one attached hydrogen (secondary N) is 3. The van der Waals surface area contributed by atoms with Gasteiger partial charge in [-0.25, -0.2) is 4.98 Å². The molecule has 0 aliphatic heterocycles. The number of nitrogens with zero attached hydrogens (tertiary/aromatic N) is 1. The van der Waals surface area contributed by atoms with Gasteiger partial charge in [0, 0.05) is 21.7 Å². The fraction of sp³-hybridized carbons (Fsp3) is 0.0909. The predicted octanol–water partition coefficient (Wildman–Crippen LogP) is 6.45. The number of rotatable bonds is 11. The fourth-order valence-electron chi connectivity index (χ4n) is 4.14. The summed E-state index contributed by atoms with van der Waals surface area (Å²) in [7, 11) is 3.14. The van der Waals surface area contributed by atoms with Crippen LogP contribution in [0.2, 0.25) is 0 Å². The third-order valence-corrected chi connectivity index (χ3v) is 8.20. The molecule has 0 atom stereocenters. The van der Waals surface area contributed by atoms with Crippen molar-refractivity contribution in [1.29, 1.82) is 0 Å². The van der Waals surface area contributed by atoms with Gasteiger partial charge in [-0.3, -0.25) is 14.4 Å². The molecule has 0 saturated carbocycles. The monoisotopic (exact) mass is 624 g/mol. The van der Waals surface area contributed by atoms with Crippen LogP contribution < -0.4 is 25.4 Å². The van der Waals surface area contributed by atoms with E-state index < -0.39 is 11.8 Å². The molecule has 3 amide bonds. The minimum absolute atomic E-state index is 0.0363. The topological polar surface area (TPSA) is 119 Å². The van der Waals surface area contributed by atoms with Gasteiger partial charge < -0.3 is 25.4 Å². The maximum atomic E-state index is 13.5. The van der Waals surface area contributed by atoms with Gasteiger partial charge in [0.25, 0.3) is 11.8 Å². The van der Waals surface area contributed by atoms with Gasteiger partial charge in [0.05, 0.1) is 30.2 Å². The Hall–Kier alpha value is -5.13. The van der Waals surface area contributed by atoms with Crippen LogP contribution >= 0.6 is 23.1 Å². The summed E-state index contributed by atoms with van der Waals surface area (Å²) in [6, 6.07) is 28.5. The molecule has 1 aromatic heterocycles. The molecular formula is C33H28N4O5S2. The molecular weight excluding hydrogens is 597 g/mol. The Kier molecular flexibility index (Phi) is 9.90. The number of carbonyl (C=O) groups excluding carboxylic acids is 3. The van der Waals surface area contributed by atoms with Crippen LogP contribution in [0.5, 0.6) is 11.5 Å². The minimum atomic E-state index is -0.521. The normalized spacial score (nSPS) is 11.1. The van der Waals surface area contributed by atoms with Crippen molar-refractivity contribution in [3.63, 3.8) is 0 Å². The van der Waals surface area contributed by atoms with E-state index in [9.17, 15) is 14.4 Å². The number of carbonyl (C=O) groups is 3. The summed E-state index contributed by atoms with van der Waals surface area (Å²) in [5.41, 5.74) is 2.35. The van der Waals surface area contributed by atoms with Crippen molar-refractivity contribution >= 4 is 67.9 Å². The van der Waals surface area contributed by atoms with Crippen molar-refractivity contribution in [2.75, 3.05) is 30.6 Å². The number of hydrogen-bond acceptors (Lipinski definition) is 8. The molecule has 0 radical (unpaired) electrons. The average molecular weight is 625 g/mol. The smallest absolute Gasteiger partial charge is 0.272 e. The van der Waals surface area contributed by atoms with Gasteiger partial charge in [-0.2, -0.15) is 0 Å². The van der Waals surface area contributed by atoms with E-state index in [1.165, 1.54) is 30.2 Å². The van der Waals surface area contributed by atoms with Gasteiger partial charge in [0.1, 0.15) is 17.2 Å². The molecule has 9 nitrogen and oxygen atoms in total. The zero-order valence-corrected chi connectivity index (χ0v) is 25.5. The van der Waals surface area contributed by atoms with Gasteiger partial charge in [-0.05, 0) is 60.7 Å². The van der Waals surface area contributed by atoms with Crippen molar-refractivity contribution in [1.82, 2.24) is 10.3 Å². The highest BCUT2D eigenvalue weighted by atomic mass is 32.2. The lowest BCUT2D eigenvalue weighted by atomic mass is 10.1. The van der Waals surface area contributed by atoms with Crippen molar-refractivity contribution in [2.24, 2.45) is 0 Å². The van der Waals surface area contributed by atoms with Crippen LogP contribution in [0.15, 0.2) is 108 Å². The Bertz CT molecular complexity index is 1840. The molecule has 4 aromatic carbocycles. The van der Waals surface area contributed by atoms with Gasteiger partial charge in [0.2, 0.25) is 5.91 Å². The van der Waals surface area contributed by atoms with E-state index in [2.05, 4.69) is 20.9 Å². The standard InChI is InChI=1S/C33H28N4O5S2/c1-41-24-15-16-26-29(19-24)44-33(36-26)37-30(38)20-43-25-13-8-12-23(18-25)34-32(40)27(17-22-11-6-7-14-28(22)42-2)35-31(39)21-9-4-3-5-10-21/h3-19H,20H2,1-2H3,(H,34,40)(H,35,39)(H,36,37,38)/b27-17+. The number of fused-ring (bicyclic) bond motifs is 1. The molecule has 0 bridgehead atoms. The Balaban J connectivity index is 1.26. The highest BCUT2D eigenvalue weighted by Crippen LogP contribution is 2.30.